The van der Waals surface area contributed by atoms with Crippen molar-refractivity contribution in [1.82, 2.24) is 15.2 Å². The third kappa shape index (κ3) is 7.00. The maximum Gasteiger partial charge on any atom is 0.226 e. The zero-order valence-electron chi connectivity index (χ0n) is 20.1. The van der Waals surface area contributed by atoms with Crippen LogP contribution < -0.4 is 10.1 Å². The molecule has 2 fully saturated rings. The number of hydrogen-bond donors (Lipinski definition) is 1. The fourth-order valence-electron chi connectivity index (χ4n) is 4.85. The fraction of sp³-hybridized carbons (Fsp3) is 0.556. The van der Waals surface area contributed by atoms with E-state index in [4.69, 9.17) is 9.47 Å². The molecule has 1 N–H and O–H groups in total. The average Bonchev–Trinajstić information content (AvgIpc) is 2.86. The van der Waals surface area contributed by atoms with Crippen molar-refractivity contribution in [2.75, 3.05) is 39.5 Å². The van der Waals surface area contributed by atoms with E-state index in [1.54, 1.807) is 24.4 Å². The van der Waals surface area contributed by atoms with Gasteiger partial charge in [0.25, 0.3) is 0 Å². The molecule has 4 rings (SSSR count). The molecule has 1 aromatic heterocycles. The van der Waals surface area contributed by atoms with Gasteiger partial charge in [0.05, 0.1) is 19.6 Å². The highest BCUT2D eigenvalue weighted by Crippen LogP contribution is 2.27. The summed E-state index contributed by atoms with van der Waals surface area (Å²) in [7, 11) is 0. The van der Waals surface area contributed by atoms with Gasteiger partial charge in [-0.1, -0.05) is 25.3 Å². The normalized spacial score (nSPS) is 18.4. The van der Waals surface area contributed by atoms with Crippen molar-refractivity contribution in [2.45, 2.75) is 51.5 Å². The number of nitrogens with zero attached hydrogens (tertiary/aromatic N) is 2. The molecular formula is C27H36FN3O3. The minimum Gasteiger partial charge on any atom is -0.492 e. The van der Waals surface area contributed by atoms with E-state index >= 15 is 0 Å². The summed E-state index contributed by atoms with van der Waals surface area (Å²) >= 11 is 0. The van der Waals surface area contributed by atoms with Crippen LogP contribution in [0.2, 0.25) is 0 Å². The van der Waals surface area contributed by atoms with E-state index in [0.717, 1.165) is 32.8 Å². The van der Waals surface area contributed by atoms with Gasteiger partial charge in [-0.15, -0.1) is 0 Å². The third-order valence-electron chi connectivity index (χ3n) is 6.94. The summed E-state index contributed by atoms with van der Waals surface area (Å²) < 4.78 is 25.8. The Bertz CT molecular complexity index is 925. The Morgan fingerprint density at radius 2 is 2.00 bits per heavy atom. The first-order valence-electron chi connectivity index (χ1n) is 12.6. The van der Waals surface area contributed by atoms with Gasteiger partial charge < -0.3 is 14.8 Å². The summed E-state index contributed by atoms with van der Waals surface area (Å²) in [5.41, 5.74) is 1.83. The first-order valence-corrected chi connectivity index (χ1v) is 12.6. The van der Waals surface area contributed by atoms with E-state index in [9.17, 15) is 9.18 Å². The van der Waals surface area contributed by atoms with Crippen LogP contribution in [0.5, 0.6) is 5.75 Å². The number of halogens is 1. The van der Waals surface area contributed by atoms with E-state index in [1.165, 1.54) is 38.2 Å². The number of amides is 1. The lowest BCUT2D eigenvalue weighted by atomic mass is 9.84. The number of carbonyl (C=O) groups is 1. The van der Waals surface area contributed by atoms with Crippen LogP contribution >= 0.6 is 0 Å². The minimum absolute atomic E-state index is 0.0110. The zero-order chi connectivity index (χ0) is 23.8. The summed E-state index contributed by atoms with van der Waals surface area (Å²) in [4.78, 5) is 19.1. The van der Waals surface area contributed by atoms with Crippen molar-refractivity contribution in [3.63, 3.8) is 0 Å². The Balaban J connectivity index is 1.27. The Morgan fingerprint density at radius 3 is 2.71 bits per heavy atom. The van der Waals surface area contributed by atoms with Gasteiger partial charge in [0.15, 0.2) is 0 Å². The first kappa shape index (κ1) is 24.6. The molecule has 0 bridgehead atoms. The summed E-state index contributed by atoms with van der Waals surface area (Å²) in [5.74, 6) is 0.728. The number of benzene rings is 1. The van der Waals surface area contributed by atoms with Gasteiger partial charge in [0.2, 0.25) is 5.91 Å². The van der Waals surface area contributed by atoms with Crippen molar-refractivity contribution in [2.24, 2.45) is 5.92 Å². The Labute approximate surface area is 201 Å². The predicted octanol–water partition coefficient (Wildman–Crippen LogP) is 4.23. The Morgan fingerprint density at radius 1 is 1.21 bits per heavy atom. The second-order valence-corrected chi connectivity index (χ2v) is 9.41. The van der Waals surface area contributed by atoms with Crippen LogP contribution in [-0.4, -0.2) is 61.3 Å². The van der Waals surface area contributed by atoms with Crippen LogP contribution in [-0.2, 0) is 16.0 Å². The first-order chi connectivity index (χ1) is 16.6. The maximum absolute atomic E-state index is 14.7. The highest BCUT2D eigenvalue weighted by molar-refractivity contribution is 5.78. The summed E-state index contributed by atoms with van der Waals surface area (Å²) in [6, 6.07) is 8.73. The molecule has 1 saturated carbocycles. The number of rotatable bonds is 9. The third-order valence-corrected chi connectivity index (χ3v) is 6.94. The topological polar surface area (TPSA) is 63.7 Å². The molecular weight excluding hydrogens is 433 g/mol. The molecule has 34 heavy (non-hydrogen) atoms. The molecule has 1 atom stereocenters. The zero-order valence-corrected chi connectivity index (χ0v) is 20.1. The van der Waals surface area contributed by atoms with Crippen molar-refractivity contribution in [3.05, 3.63) is 48.0 Å². The maximum atomic E-state index is 14.7. The minimum atomic E-state index is -0.350. The summed E-state index contributed by atoms with van der Waals surface area (Å²) in [6.45, 7) is 6.72. The summed E-state index contributed by atoms with van der Waals surface area (Å²) in [6.07, 6.45) is 8.06. The molecule has 1 aromatic carbocycles. The van der Waals surface area contributed by atoms with Crippen LogP contribution in [0.3, 0.4) is 0 Å². The Hall–Kier alpha value is -2.51. The summed E-state index contributed by atoms with van der Waals surface area (Å²) in [5, 5.41) is 3.14. The highest BCUT2D eigenvalue weighted by Gasteiger charge is 2.21. The van der Waals surface area contributed by atoms with E-state index in [2.05, 4.69) is 22.1 Å². The van der Waals surface area contributed by atoms with Crippen LogP contribution in [0.4, 0.5) is 4.39 Å². The molecule has 0 spiro atoms. The molecule has 2 heterocycles. The number of morpholine rings is 1. The van der Waals surface area contributed by atoms with Crippen molar-refractivity contribution < 1.29 is 18.7 Å². The fourth-order valence-corrected chi connectivity index (χ4v) is 4.85. The largest absolute Gasteiger partial charge is 0.492 e. The van der Waals surface area contributed by atoms with Gasteiger partial charge in [0, 0.05) is 54.8 Å². The second-order valence-electron chi connectivity index (χ2n) is 9.41. The lowest BCUT2D eigenvalue weighted by Gasteiger charge is -2.28. The number of pyridine rings is 1. The van der Waals surface area contributed by atoms with Gasteiger partial charge in [-0.3, -0.25) is 14.7 Å². The molecule has 0 unspecified atom stereocenters. The molecule has 2 aromatic rings. The van der Waals surface area contributed by atoms with E-state index in [-0.39, 0.29) is 24.2 Å². The van der Waals surface area contributed by atoms with Crippen LogP contribution in [0.25, 0.3) is 11.1 Å². The molecule has 2 aliphatic rings. The number of ether oxygens (including phenoxy) is 2. The van der Waals surface area contributed by atoms with Crippen LogP contribution in [0.1, 0.15) is 44.7 Å². The van der Waals surface area contributed by atoms with Gasteiger partial charge in [-0.25, -0.2) is 4.39 Å². The number of aromatic nitrogens is 1. The van der Waals surface area contributed by atoms with Crippen LogP contribution in [0.15, 0.2) is 36.5 Å². The van der Waals surface area contributed by atoms with Gasteiger partial charge >= 0.3 is 0 Å². The standard InChI is InChI=1S/C27H36FN3O3/c1-20(21-5-3-2-4-6-21)30-27(32)17-23-8-7-22(19-29-23)25-10-9-24(18-26(25)28)34-16-13-31-11-14-33-15-12-31/h7-10,18-21H,2-6,11-17H2,1H3,(H,30,32)/t20-/m1/s1. The quantitative estimate of drug-likeness (QED) is 0.596. The van der Waals surface area contributed by atoms with Crippen molar-refractivity contribution >= 4 is 5.91 Å². The van der Waals surface area contributed by atoms with Gasteiger partial charge in [-0.2, -0.15) is 0 Å². The number of nitrogens with one attached hydrogen (secondary N) is 1. The highest BCUT2D eigenvalue weighted by atomic mass is 19.1. The molecule has 7 heteroatoms. The lowest BCUT2D eigenvalue weighted by molar-refractivity contribution is -0.121. The lowest BCUT2D eigenvalue weighted by Crippen LogP contribution is -2.39. The van der Waals surface area contributed by atoms with E-state index in [0.29, 0.717) is 35.1 Å². The molecule has 1 saturated heterocycles. The van der Waals surface area contributed by atoms with E-state index in [1.807, 2.05) is 6.07 Å². The van der Waals surface area contributed by atoms with Gasteiger partial charge in [0.1, 0.15) is 18.2 Å². The average molecular weight is 470 g/mol. The number of hydrogen-bond acceptors (Lipinski definition) is 5. The number of carbonyl (C=O) groups excluding carboxylic acids is 1. The molecule has 6 nitrogen and oxygen atoms in total. The van der Waals surface area contributed by atoms with Crippen molar-refractivity contribution in [1.29, 1.82) is 0 Å². The Kier molecular flexibility index (Phi) is 8.88. The molecule has 1 aliphatic carbocycles. The van der Waals surface area contributed by atoms with E-state index < -0.39 is 0 Å². The molecule has 184 valence electrons. The predicted molar refractivity (Wildman–Crippen MR) is 130 cm³/mol. The van der Waals surface area contributed by atoms with Crippen molar-refractivity contribution in [3.8, 4) is 16.9 Å². The second kappa shape index (κ2) is 12.3. The monoisotopic (exact) mass is 469 g/mol. The molecule has 1 amide bonds. The van der Waals surface area contributed by atoms with Gasteiger partial charge in [-0.05, 0) is 43.9 Å². The molecule has 0 radical (unpaired) electrons. The molecule has 1 aliphatic heterocycles. The smallest absolute Gasteiger partial charge is 0.226 e. The van der Waals surface area contributed by atoms with Crippen LogP contribution in [0, 0.1) is 11.7 Å². The SMILES string of the molecule is C[C@@H](NC(=O)Cc1ccc(-c2ccc(OCCN3CCOCC3)cc2F)cn1)C1CCCCC1.